The van der Waals surface area contributed by atoms with Crippen LogP contribution in [0.1, 0.15) is 110 Å². The summed E-state index contributed by atoms with van der Waals surface area (Å²) >= 11 is 0. The van der Waals surface area contributed by atoms with Crippen molar-refractivity contribution < 1.29 is 9.53 Å². The second-order valence-electron chi connectivity index (χ2n) is 7.54. The van der Waals surface area contributed by atoms with Crippen molar-refractivity contribution in [2.75, 3.05) is 7.11 Å². The number of carbonyl (C=O) groups excluding carboxylic acids is 1. The van der Waals surface area contributed by atoms with E-state index in [9.17, 15) is 4.79 Å². The van der Waals surface area contributed by atoms with E-state index in [4.69, 9.17) is 4.74 Å². The molecule has 1 rings (SSSR count). The molecule has 1 aliphatic rings. The smallest absolute Gasteiger partial charge is 0.305 e. The van der Waals surface area contributed by atoms with Crippen molar-refractivity contribution in [1.82, 2.24) is 0 Å². The molecule has 1 aliphatic carbocycles. The molecule has 0 aliphatic heterocycles. The van der Waals surface area contributed by atoms with Crippen LogP contribution in [0.4, 0.5) is 0 Å². The summed E-state index contributed by atoms with van der Waals surface area (Å²) in [6.07, 6.45) is 21.3. The van der Waals surface area contributed by atoms with E-state index in [2.05, 4.69) is 6.92 Å². The molecule has 1 saturated carbocycles. The number of esters is 1. The quantitative estimate of drug-likeness (QED) is 0.234. The zero-order valence-electron chi connectivity index (χ0n) is 15.8. The third-order valence-corrected chi connectivity index (χ3v) is 5.41. The Bertz CT molecular complexity index is 284. The Hall–Kier alpha value is -0.530. The fraction of sp³-hybridized carbons (Fsp3) is 0.952. The average molecular weight is 325 g/mol. The van der Waals surface area contributed by atoms with Crippen molar-refractivity contribution in [3.05, 3.63) is 0 Å². The second-order valence-corrected chi connectivity index (χ2v) is 7.54. The highest BCUT2D eigenvalue weighted by molar-refractivity contribution is 5.69. The van der Waals surface area contributed by atoms with Crippen LogP contribution in [-0.4, -0.2) is 13.1 Å². The van der Waals surface area contributed by atoms with Gasteiger partial charge in [-0.15, -0.1) is 0 Å². The van der Waals surface area contributed by atoms with Gasteiger partial charge in [0.2, 0.25) is 0 Å². The molecule has 1 unspecified atom stereocenters. The van der Waals surface area contributed by atoms with Crippen molar-refractivity contribution in [3.8, 4) is 0 Å². The molecule has 0 saturated heterocycles. The van der Waals surface area contributed by atoms with Crippen LogP contribution in [-0.2, 0) is 9.53 Å². The molecule has 136 valence electrons. The molecule has 1 atom stereocenters. The molecule has 0 aromatic carbocycles. The monoisotopic (exact) mass is 324 g/mol. The van der Waals surface area contributed by atoms with Gasteiger partial charge in [0.15, 0.2) is 0 Å². The summed E-state index contributed by atoms with van der Waals surface area (Å²) in [5, 5.41) is 0. The first-order valence-electron chi connectivity index (χ1n) is 10.3. The molecule has 0 spiro atoms. The first kappa shape index (κ1) is 20.5. The minimum absolute atomic E-state index is 0.0328. The van der Waals surface area contributed by atoms with Crippen LogP contribution in [0.3, 0.4) is 0 Å². The first-order valence-corrected chi connectivity index (χ1v) is 10.3. The van der Waals surface area contributed by atoms with Crippen molar-refractivity contribution >= 4 is 5.97 Å². The van der Waals surface area contributed by atoms with E-state index in [0.717, 1.165) is 18.3 Å². The summed E-state index contributed by atoms with van der Waals surface area (Å²) in [7, 11) is 1.50. The molecule has 0 aromatic heterocycles. The molecule has 2 heteroatoms. The van der Waals surface area contributed by atoms with Crippen molar-refractivity contribution in [1.29, 1.82) is 0 Å². The summed E-state index contributed by atoms with van der Waals surface area (Å²) in [6, 6.07) is 0. The fourth-order valence-corrected chi connectivity index (χ4v) is 3.66. The van der Waals surface area contributed by atoms with Crippen LogP contribution in [0.5, 0.6) is 0 Å². The van der Waals surface area contributed by atoms with Gasteiger partial charge in [0.1, 0.15) is 0 Å². The van der Waals surface area contributed by atoms with Crippen molar-refractivity contribution in [3.63, 3.8) is 0 Å². The van der Waals surface area contributed by atoms with Gasteiger partial charge in [0.25, 0.3) is 0 Å². The molecule has 0 amide bonds. The number of unbranched alkanes of at least 4 members (excludes halogenated alkanes) is 10. The standard InChI is InChI=1S/C21H40O2/c1-3-4-5-6-7-8-9-10-11-12-13-14-19(20-15-16-20)17-18-21(22)23-2/h19-20H,3-18H2,1-2H3. The summed E-state index contributed by atoms with van der Waals surface area (Å²) in [4.78, 5) is 11.3. The number of hydrogen-bond acceptors (Lipinski definition) is 2. The van der Waals surface area contributed by atoms with E-state index < -0.39 is 0 Å². The molecule has 0 aromatic rings. The molecule has 0 N–H and O–H groups in total. The topological polar surface area (TPSA) is 26.3 Å². The Balaban J connectivity index is 1.89. The lowest BCUT2D eigenvalue weighted by Crippen LogP contribution is -2.08. The molecule has 0 heterocycles. The van der Waals surface area contributed by atoms with Gasteiger partial charge in [0.05, 0.1) is 7.11 Å². The van der Waals surface area contributed by atoms with E-state index in [1.165, 1.54) is 97.0 Å². The highest BCUT2D eigenvalue weighted by Gasteiger charge is 2.30. The predicted octanol–water partition coefficient (Wildman–Crippen LogP) is 6.67. The van der Waals surface area contributed by atoms with E-state index in [-0.39, 0.29) is 5.97 Å². The van der Waals surface area contributed by atoms with E-state index >= 15 is 0 Å². The first-order chi connectivity index (χ1) is 11.3. The van der Waals surface area contributed by atoms with Gasteiger partial charge in [0, 0.05) is 6.42 Å². The third-order valence-electron chi connectivity index (χ3n) is 5.41. The van der Waals surface area contributed by atoms with Gasteiger partial charge in [-0.05, 0) is 31.1 Å². The van der Waals surface area contributed by atoms with Crippen LogP contribution in [0.2, 0.25) is 0 Å². The Morgan fingerprint density at radius 3 is 1.87 bits per heavy atom. The maximum absolute atomic E-state index is 11.3. The molecule has 23 heavy (non-hydrogen) atoms. The number of rotatable bonds is 16. The van der Waals surface area contributed by atoms with E-state index in [1.54, 1.807) is 0 Å². The zero-order valence-corrected chi connectivity index (χ0v) is 15.8. The Morgan fingerprint density at radius 1 is 0.870 bits per heavy atom. The number of ether oxygens (including phenoxy) is 1. The van der Waals surface area contributed by atoms with E-state index in [0.29, 0.717) is 6.42 Å². The molecule has 2 nitrogen and oxygen atoms in total. The molecular formula is C21H40O2. The highest BCUT2D eigenvalue weighted by atomic mass is 16.5. The molecule has 1 fully saturated rings. The average Bonchev–Trinajstić information content (AvgIpc) is 3.39. The minimum atomic E-state index is -0.0328. The number of methoxy groups -OCH3 is 1. The maximum atomic E-state index is 11.3. The Morgan fingerprint density at radius 2 is 1.39 bits per heavy atom. The summed E-state index contributed by atoms with van der Waals surface area (Å²) in [5.74, 6) is 1.67. The zero-order chi connectivity index (χ0) is 16.8. The minimum Gasteiger partial charge on any atom is -0.469 e. The number of hydrogen-bond donors (Lipinski definition) is 0. The van der Waals surface area contributed by atoms with Crippen molar-refractivity contribution in [2.24, 2.45) is 11.8 Å². The van der Waals surface area contributed by atoms with Crippen LogP contribution in [0.25, 0.3) is 0 Å². The molecular weight excluding hydrogens is 284 g/mol. The molecule has 0 radical (unpaired) electrons. The lowest BCUT2D eigenvalue weighted by atomic mass is 9.91. The lowest BCUT2D eigenvalue weighted by molar-refractivity contribution is -0.141. The summed E-state index contributed by atoms with van der Waals surface area (Å²) in [5.41, 5.74) is 0. The van der Waals surface area contributed by atoms with Gasteiger partial charge in [-0.3, -0.25) is 4.79 Å². The van der Waals surface area contributed by atoms with Crippen LogP contribution in [0, 0.1) is 11.8 Å². The van der Waals surface area contributed by atoms with Crippen molar-refractivity contribution in [2.45, 2.75) is 110 Å². The Kier molecular flexibility index (Phi) is 12.4. The van der Waals surface area contributed by atoms with Gasteiger partial charge in [-0.25, -0.2) is 0 Å². The molecule has 0 bridgehead atoms. The SMILES string of the molecule is CCCCCCCCCCCCCC(CCC(=O)OC)C1CC1. The van der Waals surface area contributed by atoms with Gasteiger partial charge < -0.3 is 4.74 Å². The van der Waals surface area contributed by atoms with E-state index in [1.807, 2.05) is 0 Å². The normalized spacial score (nSPS) is 15.6. The van der Waals surface area contributed by atoms with Gasteiger partial charge >= 0.3 is 5.97 Å². The van der Waals surface area contributed by atoms with Gasteiger partial charge in [-0.2, -0.15) is 0 Å². The summed E-state index contributed by atoms with van der Waals surface area (Å²) < 4.78 is 4.77. The fourth-order valence-electron chi connectivity index (χ4n) is 3.66. The summed E-state index contributed by atoms with van der Waals surface area (Å²) in [6.45, 7) is 2.28. The third kappa shape index (κ3) is 11.6. The predicted molar refractivity (Wildman–Crippen MR) is 98.5 cm³/mol. The second kappa shape index (κ2) is 13.9. The highest BCUT2D eigenvalue weighted by Crippen LogP contribution is 2.41. The number of carbonyl (C=O) groups is 1. The Labute approximate surface area is 144 Å². The largest absolute Gasteiger partial charge is 0.469 e. The van der Waals surface area contributed by atoms with Crippen LogP contribution < -0.4 is 0 Å². The van der Waals surface area contributed by atoms with Crippen LogP contribution in [0.15, 0.2) is 0 Å². The maximum Gasteiger partial charge on any atom is 0.305 e. The lowest BCUT2D eigenvalue weighted by Gasteiger charge is -2.15. The van der Waals surface area contributed by atoms with Gasteiger partial charge in [-0.1, -0.05) is 84.0 Å². The van der Waals surface area contributed by atoms with Crippen LogP contribution >= 0.6 is 0 Å².